The van der Waals surface area contributed by atoms with Crippen LogP contribution in [0.25, 0.3) is 11.6 Å². The van der Waals surface area contributed by atoms with E-state index in [-0.39, 0.29) is 12.1 Å². The Balaban J connectivity index is 1.45. The van der Waals surface area contributed by atoms with Gasteiger partial charge < -0.3 is 19.5 Å². The normalized spacial score (nSPS) is 25.1. The zero-order chi connectivity index (χ0) is 27.8. The highest BCUT2D eigenvalue weighted by atomic mass is 79.9. The van der Waals surface area contributed by atoms with E-state index in [1.165, 1.54) is 0 Å². The molecule has 9 nitrogen and oxygen atoms in total. The molecule has 0 radical (unpaired) electrons. The Bertz CT molecular complexity index is 1380. The number of phenolic OH excluding ortho intramolecular Hbond substituents is 1. The highest BCUT2D eigenvalue weighted by Gasteiger charge is 2.58. The van der Waals surface area contributed by atoms with Crippen LogP contribution >= 0.6 is 15.9 Å². The van der Waals surface area contributed by atoms with Crippen LogP contribution in [0.1, 0.15) is 37.4 Å². The van der Waals surface area contributed by atoms with Crippen LogP contribution in [0.3, 0.4) is 0 Å². The zero-order valence-corrected chi connectivity index (χ0v) is 23.1. The van der Waals surface area contributed by atoms with Gasteiger partial charge in [0.25, 0.3) is 0 Å². The summed E-state index contributed by atoms with van der Waals surface area (Å²) < 4.78 is 11.5. The van der Waals surface area contributed by atoms with Crippen molar-refractivity contribution in [1.29, 1.82) is 0 Å². The number of imide groups is 3. The molecule has 2 fully saturated rings. The maximum atomic E-state index is 13.3. The van der Waals surface area contributed by atoms with Crippen LogP contribution in [0.4, 0.5) is 4.79 Å². The minimum Gasteiger partial charge on any atom is -0.507 e. The Morgan fingerprint density at radius 1 is 1.26 bits per heavy atom. The third-order valence-electron chi connectivity index (χ3n) is 7.80. The van der Waals surface area contributed by atoms with Crippen molar-refractivity contribution >= 4 is 52.6 Å². The quantitative estimate of drug-likeness (QED) is 0.295. The third-order valence-corrected chi connectivity index (χ3v) is 8.29. The number of fused-ring (bicyclic) bond motifs is 3. The molecule has 202 valence electrons. The van der Waals surface area contributed by atoms with Crippen LogP contribution in [-0.4, -0.2) is 58.3 Å². The summed E-state index contributed by atoms with van der Waals surface area (Å²) in [5.74, 6) is -2.85. The van der Waals surface area contributed by atoms with E-state index in [4.69, 9.17) is 4.65 Å². The van der Waals surface area contributed by atoms with Crippen molar-refractivity contribution in [1.82, 2.24) is 9.88 Å². The average Bonchev–Trinajstić information content (AvgIpc) is 3.17. The fourth-order valence-corrected chi connectivity index (χ4v) is 6.51. The maximum Gasteiger partial charge on any atom is 0.455 e. The second-order valence-corrected chi connectivity index (χ2v) is 11.0. The second kappa shape index (κ2) is 11.1. The van der Waals surface area contributed by atoms with Gasteiger partial charge in [-0.1, -0.05) is 27.6 Å². The van der Waals surface area contributed by atoms with E-state index in [9.17, 15) is 24.5 Å². The van der Waals surface area contributed by atoms with Gasteiger partial charge in [0.15, 0.2) is 0 Å². The molecule has 2 aliphatic heterocycles. The van der Waals surface area contributed by atoms with Crippen molar-refractivity contribution < 1.29 is 33.9 Å². The number of rotatable bonds is 5. The second-order valence-electron chi connectivity index (χ2n) is 10.1. The lowest BCUT2D eigenvalue weighted by atomic mass is 9.58. The fraction of sp³-hybridized carbons (Fsp3) is 0.357. The molecule has 0 spiro atoms. The summed E-state index contributed by atoms with van der Waals surface area (Å²) in [6.07, 6.45) is 3.56. The van der Waals surface area contributed by atoms with Crippen molar-refractivity contribution in [3.63, 3.8) is 0 Å². The number of nitrogens with zero attached hydrogens (tertiary/aromatic N) is 2. The van der Waals surface area contributed by atoms with E-state index in [1.807, 2.05) is 37.3 Å². The molecule has 11 heteroatoms. The number of benzene rings is 1. The average molecular weight is 595 g/mol. The first-order valence-electron chi connectivity index (χ1n) is 12.8. The van der Waals surface area contributed by atoms with Crippen molar-refractivity contribution in [3.05, 3.63) is 69.5 Å². The van der Waals surface area contributed by atoms with E-state index in [0.717, 1.165) is 34.0 Å². The molecular weight excluding hydrogens is 567 g/mol. The molecular formula is C28H28BBrN2O7. The fourth-order valence-electron chi connectivity index (χ4n) is 6.13. The number of aromatic hydroxyl groups is 1. The van der Waals surface area contributed by atoms with Gasteiger partial charge in [0.05, 0.1) is 30.7 Å². The predicted molar refractivity (Wildman–Crippen MR) is 147 cm³/mol. The summed E-state index contributed by atoms with van der Waals surface area (Å²) in [5, 5.41) is 21.1. The smallest absolute Gasteiger partial charge is 0.455 e. The van der Waals surface area contributed by atoms with Gasteiger partial charge in [-0.15, -0.1) is 0 Å². The number of phenols is 1. The highest BCUT2D eigenvalue weighted by Crippen LogP contribution is 2.50. The molecule has 3 aliphatic rings. The zero-order valence-electron chi connectivity index (χ0n) is 21.5. The monoisotopic (exact) mass is 594 g/mol. The Labute approximate surface area is 234 Å². The first-order chi connectivity index (χ1) is 18.7. The van der Waals surface area contributed by atoms with Crippen LogP contribution in [-0.2, 0) is 19.0 Å². The lowest BCUT2D eigenvalue weighted by molar-refractivity contribution is -0.137. The number of hydrogen-bond acceptors (Lipinski definition) is 8. The molecule has 2 saturated heterocycles. The van der Waals surface area contributed by atoms with Gasteiger partial charge in [0.1, 0.15) is 5.75 Å². The lowest BCUT2D eigenvalue weighted by Crippen LogP contribution is -2.46. The van der Waals surface area contributed by atoms with Gasteiger partial charge in [0, 0.05) is 16.2 Å². The van der Waals surface area contributed by atoms with Gasteiger partial charge in [-0.25, -0.2) is 4.79 Å². The number of allylic oxidation sites excluding steroid dienone is 2. The molecule has 2 aromatic rings. The minimum atomic E-state index is -1.12. The molecule has 1 aromatic heterocycles. The minimum absolute atomic E-state index is 0.132. The summed E-state index contributed by atoms with van der Waals surface area (Å²) in [6.45, 7) is 1.92. The van der Waals surface area contributed by atoms with Crippen molar-refractivity contribution in [2.45, 2.75) is 38.6 Å². The van der Waals surface area contributed by atoms with Crippen LogP contribution in [0.2, 0.25) is 6.32 Å². The molecule has 5 rings (SSSR count). The third kappa shape index (κ3) is 5.18. The highest BCUT2D eigenvalue weighted by molar-refractivity contribution is 9.10. The van der Waals surface area contributed by atoms with E-state index in [0.29, 0.717) is 29.7 Å². The Morgan fingerprint density at radius 2 is 2.05 bits per heavy atom. The maximum absolute atomic E-state index is 13.3. The number of aromatic nitrogens is 1. The number of carbonyl (C=O) groups is 3. The first kappa shape index (κ1) is 27.3. The molecule has 3 amide bonds. The number of pyridine rings is 1. The molecule has 0 bridgehead atoms. The number of carbonyl (C=O) groups excluding carboxylic acids is 3. The molecule has 39 heavy (non-hydrogen) atoms. The molecule has 0 unspecified atom stereocenters. The Morgan fingerprint density at radius 3 is 2.77 bits per heavy atom. The number of halogens is 1. The largest absolute Gasteiger partial charge is 0.507 e. The number of methoxy groups -OCH3 is 1. The van der Waals surface area contributed by atoms with Gasteiger partial charge in [-0.3, -0.25) is 14.6 Å². The van der Waals surface area contributed by atoms with Crippen molar-refractivity contribution in [3.8, 4) is 5.75 Å². The summed E-state index contributed by atoms with van der Waals surface area (Å²) in [6, 6.07) is 10.8. The molecule has 4 atom stereocenters. The topological polar surface area (TPSA) is 126 Å². The van der Waals surface area contributed by atoms with Crippen LogP contribution in [0, 0.1) is 17.8 Å². The molecule has 1 aliphatic carbocycles. The van der Waals surface area contributed by atoms with Crippen molar-refractivity contribution in [2.24, 2.45) is 17.8 Å². The molecule has 2 N–H and O–H groups in total. The van der Waals surface area contributed by atoms with Gasteiger partial charge in [0.2, 0.25) is 11.8 Å². The van der Waals surface area contributed by atoms with Crippen molar-refractivity contribution in [2.75, 3.05) is 7.11 Å². The summed E-state index contributed by atoms with van der Waals surface area (Å²) in [4.78, 5) is 43.5. The first-order valence-corrected chi connectivity index (χ1v) is 13.6. The van der Waals surface area contributed by atoms with E-state index in [2.05, 4.69) is 25.7 Å². The summed E-state index contributed by atoms with van der Waals surface area (Å²) >= 11 is 3.45. The number of hydrogen-bond donors (Lipinski definition) is 2. The van der Waals surface area contributed by atoms with Gasteiger partial charge >= 0.3 is 13.2 Å². The number of likely N-dealkylation sites (tertiary alicyclic amines) is 1. The van der Waals surface area contributed by atoms with Gasteiger partial charge in [-0.05, 0) is 86.0 Å². The van der Waals surface area contributed by atoms with E-state index >= 15 is 0 Å². The lowest BCUT2D eigenvalue weighted by Gasteiger charge is -2.42. The van der Waals surface area contributed by atoms with Gasteiger partial charge in [-0.2, -0.15) is 4.90 Å². The molecule has 1 aromatic carbocycles. The van der Waals surface area contributed by atoms with Crippen LogP contribution < -0.4 is 0 Å². The molecule has 3 heterocycles. The van der Waals surface area contributed by atoms with E-state index in [1.54, 1.807) is 18.3 Å². The summed E-state index contributed by atoms with van der Waals surface area (Å²) in [7, 11) is 0.0102. The summed E-state index contributed by atoms with van der Waals surface area (Å²) in [5.41, 5.74) is 4.06. The molecule has 0 saturated carbocycles. The number of amides is 3. The van der Waals surface area contributed by atoms with Crippen LogP contribution in [0.5, 0.6) is 5.75 Å². The SMILES string of the molecule is COC(=O)N1C(=O)[C@@H]2[C@@H](CC(C)=C3[C@@H](CC/C(=C/c4cc(Br)ccc4O)c4ccccn4)OB(O)C[C@@H]32)C1=O. The Kier molecular flexibility index (Phi) is 7.75. The van der Waals surface area contributed by atoms with Crippen LogP contribution in [0.15, 0.2) is 58.2 Å². The standard InChI is InChI=1S/C28H28BBrN2O7/c1-15-11-19-25(27(35)32(26(19)34)28(36)38-2)20-14-29(37)39-23(24(15)20)9-6-16(21-5-3-4-10-31-21)12-17-13-18(30)7-8-22(17)33/h3-5,7-8,10,12-13,19-20,23,25,33,37H,6,9,11,14H2,1-2H3/b16-12-/t19-,20+,23-,25-/m1/s1. The number of ether oxygens (including phenoxy) is 1. The van der Waals surface area contributed by atoms with E-state index < -0.39 is 48.9 Å². The Hall–Kier alpha value is -3.28. The predicted octanol–water partition coefficient (Wildman–Crippen LogP) is 4.45.